The lowest BCUT2D eigenvalue weighted by Crippen LogP contribution is -2.56. The highest BCUT2D eigenvalue weighted by Crippen LogP contribution is 2.66. The van der Waals surface area contributed by atoms with Crippen molar-refractivity contribution in [2.24, 2.45) is 11.8 Å². The van der Waals surface area contributed by atoms with Crippen molar-refractivity contribution in [2.45, 2.75) is 87.3 Å². The molecule has 3 heterocycles. The number of ether oxygens (including phenoxy) is 1. The van der Waals surface area contributed by atoms with E-state index >= 15 is 0 Å². The SMILES string of the molecule is C=CCCCOC(=O)[C@@H]1[C@H]2C(=O)N(CCCCO)C(C(=O)N(CC=C)C(C)CCC)C23CC[C@H]1S3. The monoisotopic (exact) mass is 506 g/mol. The zero-order valence-electron chi connectivity index (χ0n) is 21.3. The number of hydrogen-bond donors (Lipinski definition) is 1. The first-order valence-electron chi connectivity index (χ1n) is 13.2. The van der Waals surface area contributed by atoms with Crippen molar-refractivity contribution in [3.8, 4) is 0 Å². The van der Waals surface area contributed by atoms with Crippen molar-refractivity contribution in [1.82, 2.24) is 9.80 Å². The van der Waals surface area contributed by atoms with Crippen molar-refractivity contribution in [2.75, 3.05) is 26.3 Å². The Morgan fingerprint density at radius 3 is 2.74 bits per heavy atom. The van der Waals surface area contributed by atoms with Gasteiger partial charge in [0.05, 0.1) is 23.2 Å². The topological polar surface area (TPSA) is 87.1 Å². The molecule has 0 aliphatic carbocycles. The first-order valence-corrected chi connectivity index (χ1v) is 14.0. The lowest BCUT2D eigenvalue weighted by atomic mass is 9.71. The maximum atomic E-state index is 14.2. The maximum Gasteiger partial charge on any atom is 0.310 e. The first-order chi connectivity index (χ1) is 16.9. The highest BCUT2D eigenvalue weighted by atomic mass is 32.2. The predicted molar refractivity (Wildman–Crippen MR) is 139 cm³/mol. The number of aliphatic hydroxyl groups is 1. The van der Waals surface area contributed by atoms with Crippen LogP contribution >= 0.6 is 11.8 Å². The summed E-state index contributed by atoms with van der Waals surface area (Å²) in [6.07, 6.45) is 9.59. The van der Waals surface area contributed by atoms with Gasteiger partial charge in [-0.3, -0.25) is 14.4 Å². The van der Waals surface area contributed by atoms with Gasteiger partial charge in [-0.05, 0) is 51.9 Å². The molecule has 0 aromatic rings. The summed E-state index contributed by atoms with van der Waals surface area (Å²) in [5.41, 5.74) is 0. The zero-order valence-corrected chi connectivity index (χ0v) is 22.1. The fraction of sp³-hybridized carbons (Fsp3) is 0.741. The van der Waals surface area contributed by atoms with Crippen LogP contribution in [0, 0.1) is 11.8 Å². The molecule has 0 aromatic heterocycles. The molecule has 3 fully saturated rings. The van der Waals surface area contributed by atoms with E-state index in [2.05, 4.69) is 27.0 Å². The Morgan fingerprint density at radius 2 is 2.09 bits per heavy atom. The lowest BCUT2D eigenvalue weighted by Gasteiger charge is -2.39. The minimum Gasteiger partial charge on any atom is -0.465 e. The lowest BCUT2D eigenvalue weighted by molar-refractivity contribution is -0.154. The third-order valence-electron chi connectivity index (χ3n) is 7.76. The minimum atomic E-state index is -0.605. The molecule has 3 aliphatic heterocycles. The minimum absolute atomic E-state index is 0.00617. The van der Waals surface area contributed by atoms with Gasteiger partial charge in [0.1, 0.15) is 6.04 Å². The number of rotatable bonds is 15. The molecule has 2 bridgehead atoms. The highest BCUT2D eigenvalue weighted by Gasteiger charge is 2.74. The number of carbonyl (C=O) groups excluding carboxylic acids is 3. The zero-order chi connectivity index (χ0) is 25.6. The van der Waals surface area contributed by atoms with E-state index in [4.69, 9.17) is 4.74 Å². The van der Waals surface area contributed by atoms with E-state index in [9.17, 15) is 19.5 Å². The molecule has 1 N–H and O–H groups in total. The van der Waals surface area contributed by atoms with Crippen molar-refractivity contribution < 1.29 is 24.2 Å². The smallest absolute Gasteiger partial charge is 0.310 e. The molecule has 6 atom stereocenters. The molecule has 3 aliphatic rings. The molecule has 3 saturated heterocycles. The van der Waals surface area contributed by atoms with Gasteiger partial charge in [-0.25, -0.2) is 0 Å². The molecule has 0 aromatic carbocycles. The molecule has 8 heteroatoms. The van der Waals surface area contributed by atoms with Crippen LogP contribution in [0.4, 0.5) is 0 Å². The number of thioether (sulfide) groups is 1. The fourth-order valence-corrected chi connectivity index (χ4v) is 8.39. The van der Waals surface area contributed by atoms with Gasteiger partial charge in [0, 0.05) is 31.0 Å². The second-order valence-corrected chi connectivity index (χ2v) is 11.6. The van der Waals surface area contributed by atoms with Gasteiger partial charge in [-0.1, -0.05) is 25.5 Å². The second kappa shape index (κ2) is 12.4. The van der Waals surface area contributed by atoms with Gasteiger partial charge in [-0.15, -0.1) is 24.9 Å². The van der Waals surface area contributed by atoms with Crippen LogP contribution in [0.15, 0.2) is 25.3 Å². The number of esters is 1. The van der Waals surface area contributed by atoms with Gasteiger partial charge >= 0.3 is 5.97 Å². The third-order valence-corrected chi connectivity index (χ3v) is 9.71. The van der Waals surface area contributed by atoms with E-state index < -0.39 is 22.6 Å². The second-order valence-electron chi connectivity index (χ2n) is 10.0. The Labute approximate surface area is 214 Å². The number of aliphatic hydroxyl groups excluding tert-OH is 1. The molecule has 2 amide bonds. The summed E-state index contributed by atoms with van der Waals surface area (Å²) in [5, 5.41) is 9.32. The summed E-state index contributed by atoms with van der Waals surface area (Å²) < 4.78 is 5.00. The molecular formula is C27H42N2O5S. The van der Waals surface area contributed by atoms with Gasteiger partial charge in [0.25, 0.3) is 0 Å². The number of carbonyl (C=O) groups is 3. The van der Waals surface area contributed by atoms with E-state index in [0.717, 1.165) is 32.1 Å². The molecular weight excluding hydrogens is 464 g/mol. The molecule has 3 rings (SSSR count). The predicted octanol–water partition coefficient (Wildman–Crippen LogP) is 3.56. The summed E-state index contributed by atoms with van der Waals surface area (Å²) in [7, 11) is 0. The van der Waals surface area contributed by atoms with Crippen LogP contribution in [-0.2, 0) is 19.1 Å². The Bertz CT molecular complexity index is 804. The van der Waals surface area contributed by atoms with Crippen LogP contribution in [0.5, 0.6) is 0 Å². The number of allylic oxidation sites excluding steroid dienone is 1. The van der Waals surface area contributed by atoms with Crippen LogP contribution in [0.3, 0.4) is 0 Å². The standard InChI is InChI=1S/C27H42N2O5S/c1-5-8-11-18-34-26(33)21-20-13-14-27(35-20)22(21)24(31)29(16-9-10-17-30)23(27)25(32)28(15-7-3)19(4)12-6-2/h5,7,19-23,30H,1,3,6,8-18H2,2,4H3/t19?,20-,21+,22+,23?,27?/m1/s1. The van der Waals surface area contributed by atoms with Gasteiger partial charge in [-0.2, -0.15) is 0 Å². The van der Waals surface area contributed by atoms with Crippen LogP contribution in [0.25, 0.3) is 0 Å². The van der Waals surface area contributed by atoms with Crippen molar-refractivity contribution in [3.05, 3.63) is 25.3 Å². The van der Waals surface area contributed by atoms with Crippen LogP contribution in [-0.4, -0.2) is 81.1 Å². The summed E-state index contributed by atoms with van der Waals surface area (Å²) in [6.45, 7) is 12.9. The first kappa shape index (κ1) is 27.8. The van der Waals surface area contributed by atoms with Crippen LogP contribution < -0.4 is 0 Å². The molecule has 35 heavy (non-hydrogen) atoms. The molecule has 7 nitrogen and oxygen atoms in total. The number of hydrogen-bond acceptors (Lipinski definition) is 6. The van der Waals surface area contributed by atoms with E-state index in [1.54, 1.807) is 28.8 Å². The van der Waals surface area contributed by atoms with Gasteiger partial charge < -0.3 is 19.6 Å². The van der Waals surface area contributed by atoms with Crippen LogP contribution in [0.2, 0.25) is 0 Å². The largest absolute Gasteiger partial charge is 0.465 e. The third kappa shape index (κ3) is 5.33. The average Bonchev–Trinajstić information content (AvgIpc) is 3.48. The molecule has 0 radical (unpaired) electrons. The maximum absolute atomic E-state index is 14.2. The van der Waals surface area contributed by atoms with E-state index in [-0.39, 0.29) is 35.7 Å². The fourth-order valence-electron chi connectivity index (χ4n) is 6.19. The number of nitrogens with zero attached hydrogens (tertiary/aromatic N) is 2. The summed E-state index contributed by atoms with van der Waals surface area (Å²) in [5.74, 6) is -1.50. The Morgan fingerprint density at radius 1 is 1.31 bits per heavy atom. The van der Waals surface area contributed by atoms with E-state index in [0.29, 0.717) is 39.0 Å². The molecule has 0 saturated carbocycles. The molecule has 196 valence electrons. The number of unbranched alkanes of at least 4 members (excludes halogenated alkanes) is 2. The molecule has 1 spiro atoms. The number of amides is 2. The van der Waals surface area contributed by atoms with Gasteiger partial charge in [0.2, 0.25) is 11.8 Å². The Balaban J connectivity index is 1.92. The van der Waals surface area contributed by atoms with Crippen molar-refractivity contribution in [1.29, 1.82) is 0 Å². The van der Waals surface area contributed by atoms with Gasteiger partial charge in [0.15, 0.2) is 0 Å². The van der Waals surface area contributed by atoms with Crippen molar-refractivity contribution >= 4 is 29.5 Å². The van der Waals surface area contributed by atoms with Crippen LogP contribution in [0.1, 0.15) is 65.2 Å². The number of fused-ring (bicyclic) bond motifs is 1. The normalized spacial score (nSPS) is 29.7. The van der Waals surface area contributed by atoms with E-state index in [1.807, 2.05) is 4.90 Å². The summed E-state index contributed by atoms with van der Waals surface area (Å²) in [4.78, 5) is 44.8. The number of likely N-dealkylation sites (tertiary alicyclic amines) is 1. The highest BCUT2D eigenvalue weighted by molar-refractivity contribution is 8.02. The average molecular weight is 507 g/mol. The quantitative estimate of drug-likeness (QED) is 0.208. The molecule has 3 unspecified atom stereocenters. The Kier molecular flexibility index (Phi) is 9.87. The Hall–Kier alpha value is -1.80. The summed E-state index contributed by atoms with van der Waals surface area (Å²) >= 11 is 1.67. The van der Waals surface area contributed by atoms with Crippen molar-refractivity contribution in [3.63, 3.8) is 0 Å². The summed E-state index contributed by atoms with van der Waals surface area (Å²) in [6, 6.07) is -0.573. The van der Waals surface area contributed by atoms with E-state index in [1.165, 1.54) is 0 Å².